The Hall–Kier alpha value is -0.630. The molecule has 4 saturated carbocycles. The smallest absolute Gasteiger partial charge is 0.143 e. The predicted molar refractivity (Wildman–Crippen MR) is 52.8 cm³/mol. The van der Waals surface area contributed by atoms with Crippen molar-refractivity contribution >= 4 is 5.78 Å². The van der Waals surface area contributed by atoms with Gasteiger partial charge in [-0.15, -0.1) is 6.58 Å². The third kappa shape index (κ3) is 0.594. The zero-order valence-electron chi connectivity index (χ0n) is 8.75. The third-order valence-electron chi connectivity index (χ3n) is 4.97. The molecule has 0 amide bonds. The van der Waals surface area contributed by atoms with Gasteiger partial charge in [-0.1, -0.05) is 13.0 Å². The summed E-state index contributed by atoms with van der Waals surface area (Å²) in [6.45, 7) is 6.10. The number of ether oxygens (including phenoxy) is 1. The molecular weight excluding hydrogens is 176 g/mol. The van der Waals surface area contributed by atoms with Crippen molar-refractivity contribution < 1.29 is 9.53 Å². The fourth-order valence-corrected chi connectivity index (χ4v) is 4.24. The van der Waals surface area contributed by atoms with Crippen LogP contribution in [0.5, 0.6) is 0 Å². The van der Waals surface area contributed by atoms with Crippen LogP contribution in [0.3, 0.4) is 0 Å². The SMILES string of the molecule is C=CC1(OC)C2CCC3(C)C(C2=O)C31. The van der Waals surface area contributed by atoms with Crippen LogP contribution in [-0.2, 0) is 9.53 Å². The summed E-state index contributed by atoms with van der Waals surface area (Å²) in [5.41, 5.74) is -0.0925. The van der Waals surface area contributed by atoms with Crippen molar-refractivity contribution in [3.63, 3.8) is 0 Å². The second-order valence-corrected chi connectivity index (χ2v) is 5.22. The highest BCUT2D eigenvalue weighted by Gasteiger charge is 2.82. The quantitative estimate of drug-likeness (QED) is 0.624. The molecule has 0 heterocycles. The second-order valence-electron chi connectivity index (χ2n) is 5.22. The van der Waals surface area contributed by atoms with Gasteiger partial charge in [0.2, 0.25) is 0 Å². The van der Waals surface area contributed by atoms with Crippen LogP contribution in [0, 0.1) is 23.2 Å². The van der Waals surface area contributed by atoms with Crippen LogP contribution < -0.4 is 0 Å². The number of Topliss-reactive ketones (excluding diaryl/α,β-unsaturated/α-hetero) is 1. The van der Waals surface area contributed by atoms with Gasteiger partial charge in [0, 0.05) is 18.9 Å². The van der Waals surface area contributed by atoms with E-state index < -0.39 is 0 Å². The summed E-state index contributed by atoms with van der Waals surface area (Å²) in [7, 11) is 1.72. The maximum Gasteiger partial charge on any atom is 0.143 e. The van der Waals surface area contributed by atoms with Gasteiger partial charge in [0.1, 0.15) is 5.78 Å². The van der Waals surface area contributed by atoms with Gasteiger partial charge in [-0.2, -0.15) is 0 Å². The molecule has 0 aliphatic heterocycles. The first-order valence-corrected chi connectivity index (χ1v) is 5.34. The average molecular weight is 192 g/mol. The van der Waals surface area contributed by atoms with Gasteiger partial charge >= 0.3 is 0 Å². The Morgan fingerprint density at radius 3 is 2.71 bits per heavy atom. The van der Waals surface area contributed by atoms with Crippen LogP contribution in [0.2, 0.25) is 0 Å². The number of ketones is 1. The van der Waals surface area contributed by atoms with E-state index >= 15 is 0 Å². The van der Waals surface area contributed by atoms with Gasteiger partial charge in [-0.25, -0.2) is 0 Å². The topological polar surface area (TPSA) is 26.3 Å². The molecule has 0 N–H and O–H groups in total. The molecule has 0 radical (unpaired) electrons. The van der Waals surface area contributed by atoms with Crippen LogP contribution in [-0.4, -0.2) is 18.5 Å². The molecular formula is C12H16O2. The lowest BCUT2D eigenvalue weighted by molar-refractivity contribution is -0.135. The molecule has 0 saturated heterocycles. The van der Waals surface area contributed by atoms with Crippen molar-refractivity contribution in [2.45, 2.75) is 25.4 Å². The summed E-state index contributed by atoms with van der Waals surface area (Å²) in [5.74, 6) is 1.23. The molecule has 0 aromatic rings. The number of rotatable bonds is 2. The maximum absolute atomic E-state index is 12.0. The maximum atomic E-state index is 12.0. The van der Waals surface area contributed by atoms with Gasteiger partial charge in [-0.05, 0) is 18.3 Å². The third-order valence-corrected chi connectivity index (χ3v) is 4.97. The van der Waals surface area contributed by atoms with Crippen molar-refractivity contribution in [2.24, 2.45) is 23.2 Å². The van der Waals surface area contributed by atoms with E-state index in [1.807, 2.05) is 6.08 Å². The first kappa shape index (κ1) is 8.66. The second kappa shape index (κ2) is 2.13. The Morgan fingerprint density at radius 1 is 1.64 bits per heavy atom. The normalized spacial score (nSPS) is 58.7. The minimum atomic E-state index is -0.325. The largest absolute Gasteiger partial charge is 0.373 e. The minimum Gasteiger partial charge on any atom is -0.373 e. The Balaban J connectivity index is 2.12. The first-order valence-electron chi connectivity index (χ1n) is 5.34. The summed E-state index contributed by atoms with van der Waals surface area (Å²) in [6, 6.07) is 0. The number of carbonyl (C=O) groups excluding carboxylic acids is 1. The van der Waals surface area contributed by atoms with E-state index in [2.05, 4.69) is 13.5 Å². The summed E-state index contributed by atoms with van der Waals surface area (Å²) in [5, 5.41) is 0. The van der Waals surface area contributed by atoms with Crippen molar-refractivity contribution in [3.8, 4) is 0 Å². The lowest BCUT2D eigenvalue weighted by atomic mass is 9.68. The molecule has 4 bridgehead atoms. The number of hydrogen-bond donors (Lipinski definition) is 0. The van der Waals surface area contributed by atoms with Gasteiger partial charge in [0.25, 0.3) is 0 Å². The van der Waals surface area contributed by atoms with Crippen molar-refractivity contribution in [2.75, 3.05) is 7.11 Å². The number of fused-ring (bicyclic) bond motifs is 1. The Labute approximate surface area is 84.3 Å². The van der Waals surface area contributed by atoms with Crippen LogP contribution in [0.15, 0.2) is 12.7 Å². The summed E-state index contributed by atoms with van der Waals surface area (Å²) < 4.78 is 5.63. The van der Waals surface area contributed by atoms with E-state index in [4.69, 9.17) is 4.74 Å². The lowest BCUT2D eigenvalue weighted by Crippen LogP contribution is -2.46. The predicted octanol–water partition coefficient (Wildman–Crippen LogP) is 1.80. The molecule has 0 aromatic carbocycles. The Bertz CT molecular complexity index is 335. The molecule has 0 aromatic heterocycles. The molecule has 14 heavy (non-hydrogen) atoms. The van der Waals surface area contributed by atoms with E-state index in [-0.39, 0.29) is 22.9 Å². The van der Waals surface area contributed by atoms with E-state index in [0.29, 0.717) is 11.7 Å². The Morgan fingerprint density at radius 2 is 2.36 bits per heavy atom. The standard InChI is InChI=1S/C12H16O2/c1-4-12(14-3)7-5-6-11(2)8(9(7)13)10(11)12/h4,7-8,10H,1,5-6H2,2-3H3. The number of methoxy groups -OCH3 is 1. The lowest BCUT2D eigenvalue weighted by Gasteiger charge is -2.41. The van der Waals surface area contributed by atoms with Crippen LogP contribution >= 0.6 is 0 Å². The van der Waals surface area contributed by atoms with Crippen molar-refractivity contribution in [1.82, 2.24) is 0 Å². The molecule has 2 nitrogen and oxygen atoms in total. The highest BCUT2D eigenvalue weighted by atomic mass is 16.5. The van der Waals surface area contributed by atoms with Gasteiger partial charge in [-0.3, -0.25) is 4.79 Å². The molecule has 2 heteroatoms. The van der Waals surface area contributed by atoms with Gasteiger partial charge in [0.15, 0.2) is 0 Å². The molecule has 4 aliphatic rings. The average Bonchev–Trinajstić information content (AvgIpc) is 2.75. The highest BCUT2D eigenvalue weighted by Crippen LogP contribution is 2.77. The molecule has 4 aliphatic carbocycles. The molecule has 5 atom stereocenters. The van der Waals surface area contributed by atoms with E-state index in [0.717, 1.165) is 6.42 Å². The van der Waals surface area contributed by atoms with Crippen LogP contribution in [0.1, 0.15) is 19.8 Å². The molecule has 4 fully saturated rings. The number of hydrogen-bond acceptors (Lipinski definition) is 2. The summed E-state index contributed by atoms with van der Waals surface area (Å²) >= 11 is 0. The molecule has 4 rings (SSSR count). The fourth-order valence-electron chi connectivity index (χ4n) is 4.24. The molecule has 5 unspecified atom stereocenters. The Kier molecular flexibility index (Phi) is 1.32. The van der Waals surface area contributed by atoms with E-state index in [1.165, 1.54) is 6.42 Å². The fraction of sp³-hybridized carbons (Fsp3) is 0.750. The summed E-state index contributed by atoms with van der Waals surface area (Å²) in [6.07, 6.45) is 4.06. The molecule has 0 spiro atoms. The first-order chi connectivity index (χ1) is 6.62. The van der Waals surface area contributed by atoms with Crippen molar-refractivity contribution in [1.29, 1.82) is 0 Å². The monoisotopic (exact) mass is 192 g/mol. The van der Waals surface area contributed by atoms with E-state index in [1.54, 1.807) is 7.11 Å². The van der Waals surface area contributed by atoms with Crippen LogP contribution in [0.4, 0.5) is 0 Å². The highest BCUT2D eigenvalue weighted by molar-refractivity contribution is 5.94. The van der Waals surface area contributed by atoms with Gasteiger partial charge in [0.05, 0.1) is 11.5 Å². The van der Waals surface area contributed by atoms with Gasteiger partial charge < -0.3 is 4.74 Å². The minimum absolute atomic E-state index is 0.0989. The summed E-state index contributed by atoms with van der Waals surface area (Å²) in [4.78, 5) is 12.0. The number of carbonyl (C=O) groups is 1. The zero-order chi connectivity index (χ0) is 10.1. The van der Waals surface area contributed by atoms with Crippen LogP contribution in [0.25, 0.3) is 0 Å². The van der Waals surface area contributed by atoms with Crippen molar-refractivity contribution in [3.05, 3.63) is 12.7 Å². The molecule has 76 valence electrons. The van der Waals surface area contributed by atoms with E-state index in [9.17, 15) is 4.79 Å². The zero-order valence-corrected chi connectivity index (χ0v) is 8.75.